The van der Waals surface area contributed by atoms with Crippen molar-refractivity contribution in [2.24, 2.45) is 0 Å². The number of nitrogens with zero attached hydrogens (tertiary/aromatic N) is 3. The van der Waals surface area contributed by atoms with Crippen LogP contribution in [0.5, 0.6) is 5.75 Å². The van der Waals surface area contributed by atoms with Gasteiger partial charge in [0.15, 0.2) is 6.61 Å². The lowest BCUT2D eigenvalue weighted by Gasteiger charge is -2.34. The zero-order valence-corrected chi connectivity index (χ0v) is 17.7. The molecule has 1 fully saturated rings. The van der Waals surface area contributed by atoms with Crippen LogP contribution in [0.15, 0.2) is 33.9 Å². The molecule has 0 aliphatic heterocycles. The first-order valence-corrected chi connectivity index (χ1v) is 10.9. The first-order chi connectivity index (χ1) is 13.6. The van der Waals surface area contributed by atoms with Crippen molar-refractivity contribution >= 4 is 17.7 Å². The smallest absolute Gasteiger partial charge is 0.277 e. The first-order valence-electron chi connectivity index (χ1n) is 10.1. The molecule has 1 heterocycles. The highest BCUT2D eigenvalue weighted by Gasteiger charge is 2.29. The molecular formula is C21H29N3O3S. The normalized spacial score (nSPS) is 16.0. The second-order valence-corrected chi connectivity index (χ2v) is 8.54. The van der Waals surface area contributed by atoms with Gasteiger partial charge in [0.05, 0.1) is 5.25 Å². The van der Waals surface area contributed by atoms with Crippen LogP contribution >= 0.6 is 11.8 Å². The van der Waals surface area contributed by atoms with Crippen LogP contribution in [0.3, 0.4) is 0 Å². The molecule has 1 amide bonds. The number of amides is 1. The van der Waals surface area contributed by atoms with E-state index in [-0.39, 0.29) is 17.8 Å². The average molecular weight is 404 g/mol. The van der Waals surface area contributed by atoms with Crippen molar-refractivity contribution in [3.05, 3.63) is 35.7 Å². The van der Waals surface area contributed by atoms with E-state index in [1.165, 1.54) is 31.0 Å². The number of rotatable bonds is 8. The van der Waals surface area contributed by atoms with Crippen LogP contribution in [0.2, 0.25) is 0 Å². The van der Waals surface area contributed by atoms with Gasteiger partial charge in [0.1, 0.15) is 5.75 Å². The Bertz CT molecular complexity index is 774. The van der Waals surface area contributed by atoms with Crippen molar-refractivity contribution in [2.75, 3.05) is 6.54 Å². The van der Waals surface area contributed by atoms with E-state index in [9.17, 15) is 4.79 Å². The van der Waals surface area contributed by atoms with Gasteiger partial charge in [0.25, 0.3) is 11.1 Å². The summed E-state index contributed by atoms with van der Waals surface area (Å²) in [6, 6.07) is 8.18. The van der Waals surface area contributed by atoms with Crippen LogP contribution in [0.4, 0.5) is 0 Å². The van der Waals surface area contributed by atoms with E-state index in [4.69, 9.17) is 9.15 Å². The molecule has 0 spiro atoms. The molecule has 7 heteroatoms. The van der Waals surface area contributed by atoms with Crippen LogP contribution in [0.1, 0.15) is 57.4 Å². The topological polar surface area (TPSA) is 68.5 Å². The molecule has 1 atom stereocenters. The quantitative estimate of drug-likeness (QED) is 0.599. The fraction of sp³-hybridized carbons (Fsp3) is 0.571. The maximum absolute atomic E-state index is 12.9. The monoisotopic (exact) mass is 403 g/mol. The zero-order chi connectivity index (χ0) is 19.9. The van der Waals surface area contributed by atoms with Gasteiger partial charge in [-0.3, -0.25) is 4.79 Å². The third kappa shape index (κ3) is 5.50. The molecule has 3 rings (SSSR count). The molecule has 1 unspecified atom stereocenters. The maximum atomic E-state index is 12.9. The van der Waals surface area contributed by atoms with Crippen LogP contribution < -0.4 is 4.74 Å². The summed E-state index contributed by atoms with van der Waals surface area (Å²) in [6.45, 7) is 6.93. The van der Waals surface area contributed by atoms with Gasteiger partial charge in [-0.25, -0.2) is 0 Å². The summed E-state index contributed by atoms with van der Waals surface area (Å²) in [5.74, 6) is 1.32. The van der Waals surface area contributed by atoms with Crippen molar-refractivity contribution in [3.8, 4) is 5.75 Å². The first kappa shape index (κ1) is 20.7. The molecule has 2 aromatic rings. The van der Waals surface area contributed by atoms with E-state index < -0.39 is 0 Å². The largest absolute Gasteiger partial charge is 0.484 e. The van der Waals surface area contributed by atoms with E-state index in [1.54, 1.807) is 0 Å². The van der Waals surface area contributed by atoms with Crippen molar-refractivity contribution in [2.45, 2.75) is 76.0 Å². The molecule has 28 heavy (non-hydrogen) atoms. The predicted molar refractivity (Wildman–Crippen MR) is 109 cm³/mol. The van der Waals surface area contributed by atoms with E-state index >= 15 is 0 Å². The van der Waals surface area contributed by atoms with Crippen molar-refractivity contribution in [1.82, 2.24) is 15.1 Å². The Balaban J connectivity index is 1.53. The molecule has 1 aromatic carbocycles. The van der Waals surface area contributed by atoms with E-state index in [2.05, 4.69) is 17.1 Å². The Morgan fingerprint density at radius 3 is 2.82 bits per heavy atom. The molecule has 0 bridgehead atoms. The maximum Gasteiger partial charge on any atom is 0.277 e. The summed E-state index contributed by atoms with van der Waals surface area (Å²) >= 11 is 1.32. The van der Waals surface area contributed by atoms with Gasteiger partial charge < -0.3 is 14.1 Å². The predicted octanol–water partition coefficient (Wildman–Crippen LogP) is 4.62. The van der Waals surface area contributed by atoms with Gasteiger partial charge in [0.2, 0.25) is 5.91 Å². The van der Waals surface area contributed by atoms with Gasteiger partial charge in [-0.1, -0.05) is 43.2 Å². The molecule has 1 saturated carbocycles. The Kier molecular flexibility index (Phi) is 7.36. The lowest BCUT2D eigenvalue weighted by atomic mass is 9.94. The number of benzene rings is 1. The van der Waals surface area contributed by atoms with Crippen LogP contribution in [-0.2, 0) is 11.4 Å². The summed E-state index contributed by atoms with van der Waals surface area (Å²) in [6.07, 6.45) is 5.92. The molecule has 1 aliphatic rings. The molecule has 0 saturated heterocycles. The summed E-state index contributed by atoms with van der Waals surface area (Å²) in [5, 5.41) is 8.24. The minimum Gasteiger partial charge on any atom is -0.484 e. The highest BCUT2D eigenvalue weighted by Crippen LogP contribution is 2.28. The number of hydrogen-bond donors (Lipinski definition) is 0. The summed E-state index contributed by atoms with van der Waals surface area (Å²) < 4.78 is 11.4. The average Bonchev–Trinajstić information content (AvgIpc) is 3.15. The SMILES string of the molecule is CCN(C(=O)C(C)Sc1nnc(COc2cccc(C)c2)o1)C1CCCCC1. The van der Waals surface area contributed by atoms with Crippen molar-refractivity contribution in [3.63, 3.8) is 0 Å². The number of carbonyl (C=O) groups excluding carboxylic acids is 1. The number of aromatic nitrogens is 2. The molecular weight excluding hydrogens is 374 g/mol. The summed E-state index contributed by atoms with van der Waals surface area (Å²) in [5.41, 5.74) is 1.13. The van der Waals surface area contributed by atoms with Gasteiger partial charge in [-0.15, -0.1) is 10.2 Å². The second-order valence-electron chi connectivity index (χ2n) is 7.24. The Morgan fingerprint density at radius 2 is 2.11 bits per heavy atom. The molecule has 0 radical (unpaired) electrons. The third-order valence-corrected chi connectivity index (χ3v) is 5.99. The molecule has 6 nitrogen and oxygen atoms in total. The highest BCUT2D eigenvalue weighted by molar-refractivity contribution is 8.00. The van der Waals surface area contributed by atoms with Crippen molar-refractivity contribution < 1.29 is 13.9 Å². The number of hydrogen-bond acceptors (Lipinski definition) is 6. The number of thioether (sulfide) groups is 1. The van der Waals surface area contributed by atoms with Crippen LogP contribution in [0, 0.1) is 6.92 Å². The minimum atomic E-state index is -0.257. The highest BCUT2D eigenvalue weighted by atomic mass is 32.2. The fourth-order valence-electron chi connectivity index (χ4n) is 3.62. The minimum absolute atomic E-state index is 0.148. The zero-order valence-electron chi connectivity index (χ0n) is 16.9. The van der Waals surface area contributed by atoms with E-state index in [0.29, 0.717) is 17.2 Å². The van der Waals surface area contributed by atoms with Crippen LogP contribution in [0.25, 0.3) is 0 Å². The molecule has 1 aliphatic carbocycles. The Morgan fingerprint density at radius 1 is 1.32 bits per heavy atom. The third-order valence-electron chi connectivity index (χ3n) is 5.06. The van der Waals surface area contributed by atoms with E-state index in [1.807, 2.05) is 43.0 Å². The fourth-order valence-corrected chi connectivity index (χ4v) is 4.39. The van der Waals surface area contributed by atoms with Gasteiger partial charge in [-0.05, 0) is 51.3 Å². The number of ether oxygens (including phenoxy) is 1. The number of carbonyl (C=O) groups is 1. The van der Waals surface area contributed by atoms with Crippen LogP contribution in [-0.4, -0.2) is 38.8 Å². The molecule has 0 N–H and O–H groups in total. The van der Waals surface area contributed by atoms with E-state index in [0.717, 1.165) is 30.7 Å². The van der Waals surface area contributed by atoms with Gasteiger partial charge >= 0.3 is 0 Å². The lowest BCUT2D eigenvalue weighted by molar-refractivity contribution is -0.133. The standard InChI is InChI=1S/C21H29N3O3S/c1-4-24(17-10-6-5-7-11-17)20(25)16(3)28-21-23-22-19(27-21)14-26-18-12-8-9-15(2)13-18/h8-9,12-13,16-17H,4-7,10-11,14H2,1-3H3. The summed E-state index contributed by atoms with van der Waals surface area (Å²) in [4.78, 5) is 14.9. The second kappa shape index (κ2) is 9.96. The lowest BCUT2D eigenvalue weighted by Crippen LogP contribution is -2.44. The Hall–Kier alpha value is -2.02. The Labute approximate surface area is 171 Å². The molecule has 1 aromatic heterocycles. The van der Waals surface area contributed by atoms with Gasteiger partial charge in [-0.2, -0.15) is 0 Å². The number of aryl methyl sites for hydroxylation is 1. The van der Waals surface area contributed by atoms with Crippen molar-refractivity contribution in [1.29, 1.82) is 0 Å². The van der Waals surface area contributed by atoms with Gasteiger partial charge in [0, 0.05) is 12.6 Å². The molecule has 152 valence electrons. The summed E-state index contributed by atoms with van der Waals surface area (Å²) in [7, 11) is 0.